The topological polar surface area (TPSA) is 81.3 Å². The van der Waals surface area contributed by atoms with Crippen molar-refractivity contribution >= 4 is 11.6 Å². The Kier molecular flexibility index (Phi) is 4.78. The first kappa shape index (κ1) is 16.7. The average Bonchev–Trinajstić information content (AvgIpc) is 2.73. The van der Waals surface area contributed by atoms with Gasteiger partial charge >= 0.3 is 0 Å². The predicted octanol–water partition coefficient (Wildman–Crippen LogP) is 2.15. The van der Waals surface area contributed by atoms with E-state index in [1.807, 2.05) is 20.9 Å². The van der Waals surface area contributed by atoms with Crippen LogP contribution in [0.4, 0.5) is 5.69 Å². The van der Waals surface area contributed by atoms with Crippen molar-refractivity contribution in [2.24, 2.45) is 7.05 Å². The molecule has 1 aromatic heterocycles. The molecule has 0 fully saturated rings. The lowest BCUT2D eigenvalue weighted by Crippen LogP contribution is -2.28. The molecule has 0 bridgehead atoms. The van der Waals surface area contributed by atoms with Crippen LogP contribution >= 0.6 is 0 Å². The van der Waals surface area contributed by atoms with Crippen LogP contribution < -0.4 is 0 Å². The summed E-state index contributed by atoms with van der Waals surface area (Å²) in [5.41, 5.74) is 3.24. The summed E-state index contributed by atoms with van der Waals surface area (Å²) in [6, 6.07) is 6.47. The van der Waals surface area contributed by atoms with E-state index in [1.165, 1.54) is 11.0 Å². The van der Waals surface area contributed by atoms with Crippen LogP contribution in [0.1, 0.15) is 22.5 Å². The number of rotatable bonds is 5. The number of carbonyl (C=O) groups excluding carboxylic acids is 1. The minimum Gasteiger partial charge on any atom is -0.341 e. The van der Waals surface area contributed by atoms with Gasteiger partial charge in [-0.25, -0.2) is 0 Å². The Labute approximate surface area is 134 Å². The third-order valence-corrected chi connectivity index (χ3v) is 4.01. The number of carbonyl (C=O) groups is 1. The standard InChI is InChI=1S/C16H20N4O3/c1-11-14(12(2)19(4)17-11)9-16(21)18(3)10-13-7-5-6-8-15(13)20(22)23/h5-8H,9-10H2,1-4H3. The number of aromatic nitrogens is 2. The number of nitro groups is 1. The molecule has 0 saturated heterocycles. The molecule has 1 heterocycles. The van der Waals surface area contributed by atoms with E-state index in [0.29, 0.717) is 5.56 Å². The number of nitrogens with zero attached hydrogens (tertiary/aromatic N) is 4. The fraction of sp³-hybridized carbons (Fsp3) is 0.375. The van der Waals surface area contributed by atoms with Gasteiger partial charge in [0.05, 0.1) is 23.6 Å². The molecule has 0 N–H and O–H groups in total. The van der Waals surface area contributed by atoms with Gasteiger partial charge in [0.25, 0.3) is 5.69 Å². The van der Waals surface area contributed by atoms with Gasteiger partial charge in [0.1, 0.15) is 0 Å². The van der Waals surface area contributed by atoms with Gasteiger partial charge in [-0.2, -0.15) is 5.10 Å². The largest absolute Gasteiger partial charge is 0.341 e. The SMILES string of the molecule is Cc1nn(C)c(C)c1CC(=O)N(C)Cc1ccccc1[N+](=O)[O-]. The van der Waals surface area contributed by atoms with E-state index in [9.17, 15) is 14.9 Å². The number of amides is 1. The number of hydrogen-bond acceptors (Lipinski definition) is 4. The van der Waals surface area contributed by atoms with Gasteiger partial charge in [-0.3, -0.25) is 19.6 Å². The highest BCUT2D eigenvalue weighted by Crippen LogP contribution is 2.20. The molecular weight excluding hydrogens is 296 g/mol. The van der Waals surface area contributed by atoms with Crippen LogP contribution in [0.15, 0.2) is 24.3 Å². The first-order valence-electron chi connectivity index (χ1n) is 7.26. The highest BCUT2D eigenvalue weighted by Gasteiger charge is 2.19. The molecule has 0 spiro atoms. The molecular formula is C16H20N4O3. The van der Waals surface area contributed by atoms with Gasteiger partial charge in [-0.05, 0) is 13.8 Å². The second-order valence-electron chi connectivity index (χ2n) is 5.59. The van der Waals surface area contributed by atoms with Gasteiger partial charge in [-0.1, -0.05) is 18.2 Å². The molecule has 1 aromatic carbocycles. The lowest BCUT2D eigenvalue weighted by atomic mass is 10.1. The zero-order chi connectivity index (χ0) is 17.1. The van der Waals surface area contributed by atoms with Gasteiger partial charge in [-0.15, -0.1) is 0 Å². The monoisotopic (exact) mass is 316 g/mol. The van der Waals surface area contributed by atoms with E-state index in [1.54, 1.807) is 29.9 Å². The van der Waals surface area contributed by atoms with Gasteiger partial charge in [0.2, 0.25) is 5.91 Å². The number of benzene rings is 1. The number of likely N-dealkylation sites (N-methyl/N-ethyl adjacent to an activating group) is 1. The molecule has 7 nitrogen and oxygen atoms in total. The molecule has 122 valence electrons. The van der Waals surface area contributed by atoms with E-state index < -0.39 is 4.92 Å². The highest BCUT2D eigenvalue weighted by atomic mass is 16.6. The van der Waals surface area contributed by atoms with Crippen molar-refractivity contribution < 1.29 is 9.72 Å². The number of hydrogen-bond donors (Lipinski definition) is 0. The summed E-state index contributed by atoms with van der Waals surface area (Å²) in [6.45, 7) is 4.00. The second-order valence-corrected chi connectivity index (χ2v) is 5.59. The van der Waals surface area contributed by atoms with E-state index in [4.69, 9.17) is 0 Å². The van der Waals surface area contributed by atoms with Crippen LogP contribution in [0.2, 0.25) is 0 Å². The predicted molar refractivity (Wildman–Crippen MR) is 86.0 cm³/mol. The molecule has 23 heavy (non-hydrogen) atoms. The maximum Gasteiger partial charge on any atom is 0.274 e. The summed E-state index contributed by atoms with van der Waals surface area (Å²) >= 11 is 0. The van der Waals surface area contributed by atoms with Crippen LogP contribution in [-0.2, 0) is 24.8 Å². The Morgan fingerprint density at radius 3 is 2.57 bits per heavy atom. The van der Waals surface area contributed by atoms with E-state index in [2.05, 4.69) is 5.10 Å². The Morgan fingerprint density at radius 2 is 2.00 bits per heavy atom. The maximum atomic E-state index is 12.4. The van der Waals surface area contributed by atoms with Gasteiger partial charge in [0, 0.05) is 37.0 Å². The van der Waals surface area contributed by atoms with Crippen LogP contribution in [0.25, 0.3) is 0 Å². The van der Waals surface area contributed by atoms with Crippen LogP contribution in [-0.4, -0.2) is 32.6 Å². The van der Waals surface area contributed by atoms with Crippen LogP contribution in [0.3, 0.4) is 0 Å². The van der Waals surface area contributed by atoms with Crippen molar-refractivity contribution in [3.8, 4) is 0 Å². The molecule has 7 heteroatoms. The smallest absolute Gasteiger partial charge is 0.274 e. The highest BCUT2D eigenvalue weighted by molar-refractivity contribution is 5.79. The fourth-order valence-electron chi connectivity index (χ4n) is 2.53. The second kappa shape index (κ2) is 6.60. The Hall–Kier alpha value is -2.70. The molecule has 1 amide bonds. The zero-order valence-corrected chi connectivity index (χ0v) is 13.7. The van der Waals surface area contributed by atoms with Crippen molar-refractivity contribution in [3.05, 3.63) is 56.9 Å². The molecule has 0 saturated carbocycles. The summed E-state index contributed by atoms with van der Waals surface area (Å²) in [7, 11) is 3.49. The fourth-order valence-corrected chi connectivity index (χ4v) is 2.53. The van der Waals surface area contributed by atoms with Crippen LogP contribution in [0.5, 0.6) is 0 Å². The zero-order valence-electron chi connectivity index (χ0n) is 13.7. The van der Waals surface area contributed by atoms with Crippen molar-refractivity contribution in [1.82, 2.24) is 14.7 Å². The first-order chi connectivity index (χ1) is 10.8. The van der Waals surface area contributed by atoms with E-state index >= 15 is 0 Å². The summed E-state index contributed by atoms with van der Waals surface area (Å²) in [4.78, 5) is 24.6. The molecule has 0 aliphatic heterocycles. The summed E-state index contributed by atoms with van der Waals surface area (Å²) in [6.07, 6.45) is 0.239. The lowest BCUT2D eigenvalue weighted by Gasteiger charge is -2.17. The van der Waals surface area contributed by atoms with Crippen molar-refractivity contribution in [2.75, 3.05) is 7.05 Å². The Bertz CT molecular complexity index is 752. The summed E-state index contributed by atoms with van der Waals surface area (Å²) in [5, 5.41) is 15.3. The molecule has 0 aliphatic carbocycles. The summed E-state index contributed by atoms with van der Waals surface area (Å²) in [5.74, 6) is -0.0950. The minimum absolute atomic E-state index is 0.0286. The molecule has 2 aromatic rings. The third kappa shape index (κ3) is 3.56. The number of para-hydroxylation sites is 1. The normalized spacial score (nSPS) is 10.6. The quantitative estimate of drug-likeness (QED) is 0.625. The van der Waals surface area contributed by atoms with E-state index in [-0.39, 0.29) is 24.6 Å². The molecule has 0 unspecified atom stereocenters. The van der Waals surface area contributed by atoms with Crippen molar-refractivity contribution in [3.63, 3.8) is 0 Å². The first-order valence-corrected chi connectivity index (χ1v) is 7.26. The Morgan fingerprint density at radius 1 is 1.35 bits per heavy atom. The molecule has 0 atom stereocenters. The summed E-state index contributed by atoms with van der Waals surface area (Å²) < 4.78 is 1.75. The molecule has 0 radical (unpaired) electrons. The number of nitro benzene ring substituents is 1. The number of aryl methyl sites for hydroxylation is 2. The minimum atomic E-state index is -0.428. The van der Waals surface area contributed by atoms with Gasteiger partial charge < -0.3 is 4.90 Å². The van der Waals surface area contributed by atoms with Gasteiger partial charge in [0.15, 0.2) is 0 Å². The average molecular weight is 316 g/mol. The van der Waals surface area contributed by atoms with Crippen molar-refractivity contribution in [1.29, 1.82) is 0 Å². The maximum absolute atomic E-state index is 12.4. The molecule has 2 rings (SSSR count). The molecule has 0 aliphatic rings. The van der Waals surface area contributed by atoms with E-state index in [0.717, 1.165) is 17.0 Å². The Balaban J connectivity index is 2.13. The van der Waals surface area contributed by atoms with Crippen molar-refractivity contribution in [2.45, 2.75) is 26.8 Å². The van der Waals surface area contributed by atoms with Crippen LogP contribution in [0, 0.1) is 24.0 Å². The lowest BCUT2D eigenvalue weighted by molar-refractivity contribution is -0.385. The third-order valence-electron chi connectivity index (χ3n) is 4.01.